The molecule has 0 radical (unpaired) electrons. The summed E-state index contributed by atoms with van der Waals surface area (Å²) in [7, 11) is 1.66. The highest BCUT2D eigenvalue weighted by atomic mass is 16.5. The van der Waals surface area contributed by atoms with Crippen LogP contribution in [-0.2, 0) is 0 Å². The van der Waals surface area contributed by atoms with E-state index in [1.165, 1.54) is 24.9 Å². The maximum Gasteiger partial charge on any atom is 0.324 e. The third-order valence-corrected chi connectivity index (χ3v) is 6.74. The Hall–Kier alpha value is -3.09. The Balaban J connectivity index is 1.27. The zero-order valence-corrected chi connectivity index (χ0v) is 18.3. The van der Waals surface area contributed by atoms with Gasteiger partial charge in [-0.1, -0.05) is 17.3 Å². The fraction of sp³-hybridized carbons (Fsp3) is 0.458. The van der Waals surface area contributed by atoms with E-state index >= 15 is 0 Å². The molecule has 2 aliphatic rings. The summed E-state index contributed by atoms with van der Waals surface area (Å²) >= 11 is 0. The number of pyridine rings is 1. The lowest BCUT2D eigenvalue weighted by Gasteiger charge is -2.47. The molecule has 1 spiro atoms. The van der Waals surface area contributed by atoms with Gasteiger partial charge in [0.2, 0.25) is 5.82 Å². The predicted octanol–water partition coefficient (Wildman–Crippen LogP) is 4.34. The molecule has 1 aromatic carbocycles. The number of hydrogen-bond donors (Lipinski definition) is 0. The van der Waals surface area contributed by atoms with E-state index in [1.807, 2.05) is 30.5 Å². The fourth-order valence-corrected chi connectivity index (χ4v) is 4.97. The molecular formula is C24H29N5O2. The Morgan fingerprint density at radius 2 is 1.90 bits per heavy atom. The number of anilines is 2. The van der Waals surface area contributed by atoms with Crippen molar-refractivity contribution in [3.8, 4) is 17.1 Å². The average Bonchev–Trinajstić information content (AvgIpc) is 3.30. The Kier molecular flexibility index (Phi) is 5.26. The van der Waals surface area contributed by atoms with Crippen molar-refractivity contribution < 1.29 is 9.26 Å². The van der Waals surface area contributed by atoms with Crippen LogP contribution in [0.1, 0.15) is 31.4 Å². The summed E-state index contributed by atoms with van der Waals surface area (Å²) in [6.07, 6.45) is 6.70. The number of nitrogens with zero attached hydrogens (tertiary/aromatic N) is 5. The van der Waals surface area contributed by atoms with Crippen molar-refractivity contribution in [3.63, 3.8) is 0 Å². The second-order valence-corrected chi connectivity index (χ2v) is 8.80. The van der Waals surface area contributed by atoms with Crippen LogP contribution in [0.5, 0.6) is 5.75 Å². The SMILES string of the molecule is COc1cccc(-c2noc(N3CCCC4(CCN(c5ccnc(C)c5)CC4)C3)n2)c1. The van der Waals surface area contributed by atoms with E-state index in [0.29, 0.717) is 17.3 Å². The topological polar surface area (TPSA) is 67.5 Å². The minimum Gasteiger partial charge on any atom is -0.497 e. The van der Waals surface area contributed by atoms with Crippen molar-refractivity contribution in [2.24, 2.45) is 5.41 Å². The number of methoxy groups -OCH3 is 1. The number of piperidine rings is 2. The summed E-state index contributed by atoms with van der Waals surface area (Å²) in [5.74, 6) is 1.40. The molecule has 0 unspecified atom stereocenters. The molecule has 7 nitrogen and oxygen atoms in total. The second kappa shape index (κ2) is 8.21. The quantitative estimate of drug-likeness (QED) is 0.623. The smallest absolute Gasteiger partial charge is 0.324 e. The lowest BCUT2D eigenvalue weighted by atomic mass is 9.72. The molecule has 2 fully saturated rings. The molecule has 0 bridgehead atoms. The van der Waals surface area contributed by atoms with E-state index in [-0.39, 0.29) is 0 Å². The lowest BCUT2D eigenvalue weighted by molar-refractivity contribution is 0.174. The number of rotatable bonds is 4. The van der Waals surface area contributed by atoms with Gasteiger partial charge in [0.05, 0.1) is 7.11 Å². The lowest BCUT2D eigenvalue weighted by Crippen LogP contribution is -2.50. The van der Waals surface area contributed by atoms with Gasteiger partial charge in [0.25, 0.3) is 0 Å². The van der Waals surface area contributed by atoms with Crippen LogP contribution < -0.4 is 14.5 Å². The highest BCUT2D eigenvalue weighted by Crippen LogP contribution is 2.42. The summed E-state index contributed by atoms with van der Waals surface area (Å²) in [5, 5.41) is 4.23. The van der Waals surface area contributed by atoms with Crippen molar-refractivity contribution in [3.05, 3.63) is 48.3 Å². The molecule has 2 aromatic heterocycles. The van der Waals surface area contributed by atoms with Gasteiger partial charge in [0.15, 0.2) is 0 Å². The highest BCUT2D eigenvalue weighted by molar-refractivity contribution is 5.58. The first-order chi connectivity index (χ1) is 15.1. The van der Waals surface area contributed by atoms with Gasteiger partial charge in [-0.05, 0) is 62.3 Å². The fourth-order valence-electron chi connectivity index (χ4n) is 4.97. The molecule has 5 rings (SSSR count). The standard InChI is InChI=1S/C24H29N5O2/c1-18-15-20(7-11-25-18)28-13-9-24(10-14-28)8-4-12-29(17-24)23-26-22(27-31-23)19-5-3-6-21(16-19)30-2/h3,5-7,11,15-16H,4,8-10,12-14,17H2,1-2H3. The minimum atomic E-state index is 0.321. The van der Waals surface area contributed by atoms with Crippen molar-refractivity contribution in [2.75, 3.05) is 43.1 Å². The molecule has 3 aromatic rings. The van der Waals surface area contributed by atoms with Crippen LogP contribution >= 0.6 is 0 Å². The van der Waals surface area contributed by atoms with Crippen LogP contribution in [0.2, 0.25) is 0 Å². The van der Waals surface area contributed by atoms with E-state index in [9.17, 15) is 0 Å². The van der Waals surface area contributed by atoms with E-state index in [1.54, 1.807) is 7.11 Å². The maximum atomic E-state index is 5.68. The van der Waals surface area contributed by atoms with Crippen LogP contribution in [-0.4, -0.2) is 48.4 Å². The summed E-state index contributed by atoms with van der Waals surface area (Å²) in [4.78, 5) is 13.8. The average molecular weight is 420 g/mol. The molecule has 0 N–H and O–H groups in total. The molecule has 0 atom stereocenters. The van der Waals surface area contributed by atoms with Gasteiger partial charge >= 0.3 is 6.01 Å². The maximum absolute atomic E-state index is 5.68. The third-order valence-electron chi connectivity index (χ3n) is 6.74. The highest BCUT2D eigenvalue weighted by Gasteiger charge is 2.39. The third kappa shape index (κ3) is 4.09. The molecule has 31 heavy (non-hydrogen) atoms. The van der Waals surface area contributed by atoms with Crippen molar-refractivity contribution in [2.45, 2.75) is 32.6 Å². The van der Waals surface area contributed by atoms with Crippen molar-refractivity contribution in [1.82, 2.24) is 15.1 Å². The summed E-state index contributed by atoms with van der Waals surface area (Å²) < 4.78 is 11.0. The van der Waals surface area contributed by atoms with Crippen LogP contribution in [0, 0.1) is 12.3 Å². The van der Waals surface area contributed by atoms with E-state index in [0.717, 1.165) is 49.6 Å². The monoisotopic (exact) mass is 419 g/mol. The molecule has 0 saturated carbocycles. The number of hydrogen-bond acceptors (Lipinski definition) is 7. The second-order valence-electron chi connectivity index (χ2n) is 8.80. The van der Waals surface area contributed by atoms with Crippen LogP contribution in [0.3, 0.4) is 0 Å². The first-order valence-corrected chi connectivity index (χ1v) is 11.0. The largest absolute Gasteiger partial charge is 0.497 e. The van der Waals surface area contributed by atoms with Gasteiger partial charge < -0.3 is 19.1 Å². The van der Waals surface area contributed by atoms with Crippen LogP contribution in [0.15, 0.2) is 47.1 Å². The predicted molar refractivity (Wildman–Crippen MR) is 121 cm³/mol. The van der Waals surface area contributed by atoms with Crippen LogP contribution in [0.4, 0.5) is 11.7 Å². The van der Waals surface area contributed by atoms with Gasteiger partial charge in [0.1, 0.15) is 5.75 Å². The molecule has 0 aliphatic carbocycles. The van der Waals surface area contributed by atoms with Crippen molar-refractivity contribution >= 4 is 11.7 Å². The number of aromatic nitrogens is 3. The van der Waals surface area contributed by atoms with Gasteiger partial charge in [0, 0.05) is 49.3 Å². The zero-order chi connectivity index (χ0) is 21.3. The summed E-state index contributed by atoms with van der Waals surface area (Å²) in [5.41, 5.74) is 3.59. The Morgan fingerprint density at radius 1 is 1.03 bits per heavy atom. The first kappa shape index (κ1) is 19.8. The van der Waals surface area contributed by atoms with Gasteiger partial charge in [-0.3, -0.25) is 4.98 Å². The summed E-state index contributed by atoms with van der Waals surface area (Å²) in [6.45, 7) is 6.16. The van der Waals surface area contributed by atoms with Crippen LogP contribution in [0.25, 0.3) is 11.4 Å². The molecule has 7 heteroatoms. The summed E-state index contributed by atoms with van der Waals surface area (Å²) in [6, 6.07) is 12.7. The molecule has 0 amide bonds. The molecule has 162 valence electrons. The van der Waals surface area contributed by atoms with E-state index in [4.69, 9.17) is 14.2 Å². The molecular weight excluding hydrogens is 390 g/mol. The van der Waals surface area contributed by atoms with E-state index < -0.39 is 0 Å². The Bertz CT molecular complexity index is 1040. The first-order valence-electron chi connectivity index (χ1n) is 11.0. The molecule has 2 saturated heterocycles. The minimum absolute atomic E-state index is 0.321. The van der Waals surface area contributed by atoms with E-state index in [2.05, 4.69) is 39.0 Å². The molecule has 4 heterocycles. The molecule has 2 aliphatic heterocycles. The Labute approximate surface area is 183 Å². The number of ether oxygens (including phenoxy) is 1. The van der Waals surface area contributed by atoms with Gasteiger partial charge in [-0.25, -0.2) is 0 Å². The Morgan fingerprint density at radius 3 is 2.71 bits per heavy atom. The normalized spacial score (nSPS) is 18.4. The van der Waals surface area contributed by atoms with Gasteiger partial charge in [-0.2, -0.15) is 4.98 Å². The van der Waals surface area contributed by atoms with Crippen molar-refractivity contribution in [1.29, 1.82) is 0 Å². The van der Waals surface area contributed by atoms with Gasteiger partial charge in [-0.15, -0.1) is 0 Å². The zero-order valence-electron chi connectivity index (χ0n) is 18.3. The number of benzene rings is 1. The number of aryl methyl sites for hydroxylation is 1.